The van der Waals surface area contributed by atoms with Gasteiger partial charge in [-0.1, -0.05) is 6.07 Å². The van der Waals surface area contributed by atoms with Crippen LogP contribution in [0, 0.1) is 25.6 Å². The number of aromatic nitrogens is 2. The monoisotopic (exact) mass is 349 g/mol. The summed E-state index contributed by atoms with van der Waals surface area (Å²) in [5.41, 5.74) is 3.69. The Hall–Kier alpha value is -2.82. The number of benzene rings is 1. The van der Waals surface area contributed by atoms with Gasteiger partial charge < -0.3 is 5.32 Å². The third-order valence-electron chi connectivity index (χ3n) is 4.87. The van der Waals surface area contributed by atoms with Gasteiger partial charge >= 0.3 is 0 Å². The molecule has 1 atom stereocenters. The quantitative estimate of drug-likeness (QED) is 0.765. The lowest BCUT2D eigenvalue weighted by Crippen LogP contribution is -2.31. The molecule has 4 rings (SSSR count). The average molecular weight is 349 g/mol. The van der Waals surface area contributed by atoms with Crippen LogP contribution in [-0.2, 0) is 0 Å². The second-order valence-electron chi connectivity index (χ2n) is 6.97. The molecule has 1 fully saturated rings. The lowest BCUT2D eigenvalue weighted by molar-refractivity contribution is 0.0932. The summed E-state index contributed by atoms with van der Waals surface area (Å²) in [5, 5.41) is 3.82. The number of aryl methyl sites for hydroxylation is 2. The first kappa shape index (κ1) is 16.6. The van der Waals surface area contributed by atoms with Gasteiger partial charge in [0.2, 0.25) is 0 Å². The molecule has 1 unspecified atom stereocenters. The van der Waals surface area contributed by atoms with Gasteiger partial charge in [-0.05, 0) is 62.4 Å². The summed E-state index contributed by atoms with van der Waals surface area (Å²) in [6.45, 7) is 3.82. The predicted octanol–water partition coefficient (Wildman–Crippen LogP) is 4.27. The molecule has 1 saturated carbocycles. The fourth-order valence-corrected chi connectivity index (χ4v) is 3.40. The summed E-state index contributed by atoms with van der Waals surface area (Å²) in [6.07, 6.45) is 3.93. The Kier molecular flexibility index (Phi) is 4.15. The Morgan fingerprint density at radius 2 is 2.04 bits per heavy atom. The van der Waals surface area contributed by atoms with Crippen LogP contribution >= 0.6 is 0 Å². The standard InChI is InChI=1S/C21H20FN3O/c1-12-4-3-9-23-19(12)20(14-5-6-14)25-21(26)17-10-13(2)24-18-11-15(22)7-8-16(17)18/h3-4,7-11,14,20H,5-6H2,1-2H3,(H,25,26). The van der Waals surface area contributed by atoms with E-state index in [0.717, 1.165) is 24.1 Å². The minimum absolute atomic E-state index is 0.104. The van der Waals surface area contributed by atoms with Crippen LogP contribution in [0.1, 0.15) is 46.2 Å². The number of halogens is 1. The van der Waals surface area contributed by atoms with Crippen LogP contribution in [0.15, 0.2) is 42.6 Å². The maximum absolute atomic E-state index is 13.5. The zero-order chi connectivity index (χ0) is 18.3. The Labute approximate surface area is 151 Å². The first-order chi connectivity index (χ1) is 12.5. The molecule has 0 spiro atoms. The van der Waals surface area contributed by atoms with E-state index >= 15 is 0 Å². The minimum atomic E-state index is -0.359. The van der Waals surface area contributed by atoms with E-state index in [4.69, 9.17) is 0 Å². The average Bonchev–Trinajstić information content (AvgIpc) is 3.44. The van der Waals surface area contributed by atoms with Crippen molar-refractivity contribution in [2.45, 2.75) is 32.7 Å². The molecule has 1 aliphatic rings. The van der Waals surface area contributed by atoms with E-state index in [1.807, 2.05) is 26.0 Å². The SMILES string of the molecule is Cc1cc(C(=O)NC(c2ncccc2C)C2CC2)c2ccc(F)cc2n1. The Bertz CT molecular complexity index is 992. The van der Waals surface area contributed by atoms with E-state index in [2.05, 4.69) is 15.3 Å². The van der Waals surface area contributed by atoms with Crippen LogP contribution in [0.5, 0.6) is 0 Å². The molecule has 1 aliphatic carbocycles. The number of fused-ring (bicyclic) bond motifs is 1. The molecule has 26 heavy (non-hydrogen) atoms. The van der Waals surface area contributed by atoms with Gasteiger partial charge in [0.25, 0.3) is 5.91 Å². The van der Waals surface area contributed by atoms with Gasteiger partial charge in [-0.25, -0.2) is 4.39 Å². The maximum atomic E-state index is 13.5. The van der Waals surface area contributed by atoms with Crippen molar-refractivity contribution in [1.82, 2.24) is 15.3 Å². The van der Waals surface area contributed by atoms with Crippen molar-refractivity contribution in [1.29, 1.82) is 0 Å². The smallest absolute Gasteiger partial charge is 0.252 e. The van der Waals surface area contributed by atoms with Crippen LogP contribution in [0.2, 0.25) is 0 Å². The van der Waals surface area contributed by atoms with Crippen LogP contribution in [-0.4, -0.2) is 15.9 Å². The number of carbonyl (C=O) groups excluding carboxylic acids is 1. The molecule has 1 amide bonds. The third kappa shape index (κ3) is 3.17. The number of rotatable bonds is 4. The van der Waals surface area contributed by atoms with Gasteiger partial charge in [0, 0.05) is 23.3 Å². The van der Waals surface area contributed by atoms with E-state index in [1.165, 1.54) is 12.1 Å². The molecule has 0 saturated heterocycles. The molecular weight excluding hydrogens is 329 g/mol. The van der Waals surface area contributed by atoms with Crippen molar-refractivity contribution in [2.24, 2.45) is 5.92 Å². The van der Waals surface area contributed by atoms with Gasteiger partial charge in [-0.15, -0.1) is 0 Å². The zero-order valence-electron chi connectivity index (χ0n) is 14.8. The first-order valence-electron chi connectivity index (χ1n) is 8.82. The molecule has 1 N–H and O–H groups in total. The molecule has 1 aromatic carbocycles. The van der Waals surface area contributed by atoms with Gasteiger partial charge in [-0.2, -0.15) is 0 Å². The number of nitrogens with zero attached hydrogens (tertiary/aromatic N) is 2. The maximum Gasteiger partial charge on any atom is 0.252 e. The Balaban J connectivity index is 1.71. The highest BCUT2D eigenvalue weighted by molar-refractivity contribution is 6.06. The van der Waals surface area contributed by atoms with Crippen molar-refractivity contribution < 1.29 is 9.18 Å². The second-order valence-corrected chi connectivity index (χ2v) is 6.97. The number of amides is 1. The Morgan fingerprint density at radius 1 is 1.23 bits per heavy atom. The van der Waals surface area contributed by atoms with Crippen LogP contribution < -0.4 is 5.32 Å². The van der Waals surface area contributed by atoms with E-state index in [-0.39, 0.29) is 17.8 Å². The molecule has 5 heteroatoms. The minimum Gasteiger partial charge on any atom is -0.343 e. The van der Waals surface area contributed by atoms with E-state index in [9.17, 15) is 9.18 Å². The van der Waals surface area contributed by atoms with Gasteiger partial charge in [0.15, 0.2) is 0 Å². The molecule has 2 heterocycles. The largest absolute Gasteiger partial charge is 0.343 e. The van der Waals surface area contributed by atoms with Crippen molar-refractivity contribution in [3.63, 3.8) is 0 Å². The van der Waals surface area contributed by atoms with Crippen molar-refractivity contribution >= 4 is 16.8 Å². The summed E-state index contributed by atoms with van der Waals surface area (Å²) >= 11 is 0. The van der Waals surface area contributed by atoms with Crippen LogP contribution in [0.4, 0.5) is 4.39 Å². The zero-order valence-corrected chi connectivity index (χ0v) is 14.8. The predicted molar refractivity (Wildman–Crippen MR) is 98.3 cm³/mol. The molecule has 2 aromatic heterocycles. The fourth-order valence-electron chi connectivity index (χ4n) is 3.40. The fraction of sp³-hybridized carbons (Fsp3) is 0.286. The van der Waals surface area contributed by atoms with Crippen LogP contribution in [0.3, 0.4) is 0 Å². The highest BCUT2D eigenvalue weighted by Crippen LogP contribution is 2.41. The summed E-state index contributed by atoms with van der Waals surface area (Å²) < 4.78 is 13.5. The van der Waals surface area contributed by atoms with E-state index < -0.39 is 0 Å². The Morgan fingerprint density at radius 3 is 2.77 bits per heavy atom. The van der Waals surface area contributed by atoms with E-state index in [1.54, 1.807) is 18.3 Å². The number of hydrogen-bond acceptors (Lipinski definition) is 3. The topological polar surface area (TPSA) is 54.9 Å². The summed E-state index contributed by atoms with van der Waals surface area (Å²) in [4.78, 5) is 21.9. The normalized spacial score (nSPS) is 15.0. The lowest BCUT2D eigenvalue weighted by atomic mass is 10.0. The highest BCUT2D eigenvalue weighted by Gasteiger charge is 2.35. The number of nitrogens with one attached hydrogen (secondary N) is 1. The highest BCUT2D eigenvalue weighted by atomic mass is 19.1. The van der Waals surface area contributed by atoms with Crippen molar-refractivity contribution in [3.8, 4) is 0 Å². The number of hydrogen-bond donors (Lipinski definition) is 1. The summed E-state index contributed by atoms with van der Waals surface area (Å²) in [5.74, 6) is -0.116. The molecular formula is C21H20FN3O. The third-order valence-corrected chi connectivity index (χ3v) is 4.87. The summed E-state index contributed by atoms with van der Waals surface area (Å²) in [7, 11) is 0. The first-order valence-corrected chi connectivity index (χ1v) is 8.82. The lowest BCUT2D eigenvalue weighted by Gasteiger charge is -2.20. The number of carbonyl (C=O) groups is 1. The van der Waals surface area contributed by atoms with Gasteiger partial charge in [0.1, 0.15) is 5.82 Å². The van der Waals surface area contributed by atoms with Crippen LogP contribution in [0.25, 0.3) is 10.9 Å². The summed E-state index contributed by atoms with van der Waals surface area (Å²) in [6, 6.07) is 9.90. The van der Waals surface area contributed by atoms with Gasteiger partial charge in [0.05, 0.1) is 22.8 Å². The molecule has 4 nitrogen and oxygen atoms in total. The van der Waals surface area contributed by atoms with Crippen molar-refractivity contribution in [2.75, 3.05) is 0 Å². The molecule has 3 aromatic rings. The molecule has 0 radical (unpaired) electrons. The van der Waals surface area contributed by atoms with E-state index in [0.29, 0.717) is 28.1 Å². The molecule has 132 valence electrons. The van der Waals surface area contributed by atoms with Crippen molar-refractivity contribution in [3.05, 3.63) is 70.9 Å². The molecule has 0 aliphatic heterocycles. The second kappa shape index (κ2) is 6.48. The van der Waals surface area contributed by atoms with Gasteiger partial charge in [-0.3, -0.25) is 14.8 Å². The number of pyridine rings is 2. The molecule has 0 bridgehead atoms.